The fourth-order valence-electron chi connectivity index (χ4n) is 2.36. The van der Waals surface area contributed by atoms with E-state index in [1.54, 1.807) is 0 Å². The van der Waals surface area contributed by atoms with Crippen LogP contribution in [0.1, 0.15) is 55.7 Å². The average molecular weight is 266 g/mol. The van der Waals surface area contributed by atoms with Gasteiger partial charge in [0.1, 0.15) is 0 Å². The van der Waals surface area contributed by atoms with E-state index >= 15 is 0 Å². The van der Waals surface area contributed by atoms with E-state index in [-0.39, 0.29) is 24.0 Å². The lowest BCUT2D eigenvalue weighted by molar-refractivity contribution is 0.0136. The van der Waals surface area contributed by atoms with Gasteiger partial charge in [-0.1, -0.05) is 13.8 Å². The average Bonchev–Trinajstić information content (AvgIpc) is 2.71. The zero-order valence-corrected chi connectivity index (χ0v) is 11.7. The van der Waals surface area contributed by atoms with Crippen LogP contribution in [0.25, 0.3) is 0 Å². The van der Waals surface area contributed by atoms with Crippen LogP contribution in [0.4, 0.5) is 5.69 Å². The van der Waals surface area contributed by atoms with Gasteiger partial charge < -0.3 is 15.8 Å². The summed E-state index contributed by atoms with van der Waals surface area (Å²) in [7, 11) is 0. The van der Waals surface area contributed by atoms with Gasteiger partial charge in [-0.05, 0) is 25.7 Å². The second-order valence-corrected chi connectivity index (χ2v) is 5.43. The molecule has 2 heterocycles. The number of nitrogen functional groups attached to an aromatic ring is 1. The van der Waals surface area contributed by atoms with Crippen molar-refractivity contribution in [3.8, 4) is 0 Å². The molecular formula is C13H22N4O2. The first-order valence-electron chi connectivity index (χ1n) is 6.75. The van der Waals surface area contributed by atoms with Gasteiger partial charge in [-0.25, -0.2) is 0 Å². The van der Waals surface area contributed by atoms with Crippen LogP contribution < -0.4 is 11.1 Å². The number of carbonyl (C=O) groups excluding carboxylic acids is 1. The van der Waals surface area contributed by atoms with E-state index in [1.807, 2.05) is 20.8 Å². The van der Waals surface area contributed by atoms with E-state index in [9.17, 15) is 4.79 Å². The van der Waals surface area contributed by atoms with E-state index in [4.69, 9.17) is 10.5 Å². The van der Waals surface area contributed by atoms with Crippen LogP contribution in [0.15, 0.2) is 0 Å². The van der Waals surface area contributed by atoms with Crippen molar-refractivity contribution in [2.24, 2.45) is 0 Å². The number of aromatic nitrogens is 2. The zero-order chi connectivity index (χ0) is 14.0. The highest BCUT2D eigenvalue weighted by atomic mass is 16.5. The summed E-state index contributed by atoms with van der Waals surface area (Å²) in [4.78, 5) is 12.2. The number of hydrogen-bond acceptors (Lipinski definition) is 4. The van der Waals surface area contributed by atoms with Gasteiger partial charge in [0.25, 0.3) is 5.91 Å². The number of ether oxygens (including phenoxy) is 1. The fraction of sp³-hybridized carbons (Fsp3) is 0.692. The van der Waals surface area contributed by atoms with E-state index in [1.165, 1.54) is 0 Å². The Morgan fingerprint density at radius 2 is 2.32 bits per heavy atom. The zero-order valence-electron chi connectivity index (χ0n) is 11.7. The second kappa shape index (κ2) is 5.61. The fourth-order valence-corrected chi connectivity index (χ4v) is 2.36. The number of amides is 1. The minimum atomic E-state index is -0.209. The molecule has 1 aliphatic rings. The van der Waals surface area contributed by atoms with Crippen LogP contribution in [0.2, 0.25) is 0 Å². The molecular weight excluding hydrogens is 244 g/mol. The number of carbonyl (C=O) groups is 1. The van der Waals surface area contributed by atoms with Crippen molar-refractivity contribution in [3.05, 3.63) is 11.4 Å². The molecule has 0 saturated carbocycles. The maximum atomic E-state index is 12.2. The molecule has 0 aliphatic carbocycles. The third-order valence-corrected chi connectivity index (χ3v) is 3.45. The van der Waals surface area contributed by atoms with Gasteiger partial charge in [-0.3, -0.25) is 9.89 Å². The molecule has 2 atom stereocenters. The Balaban J connectivity index is 2.03. The maximum absolute atomic E-state index is 12.2. The van der Waals surface area contributed by atoms with Crippen molar-refractivity contribution >= 4 is 11.6 Å². The number of nitrogens with two attached hydrogens (primary N) is 1. The molecule has 1 saturated heterocycles. The smallest absolute Gasteiger partial charge is 0.274 e. The summed E-state index contributed by atoms with van der Waals surface area (Å²) in [5.74, 6) is 0.0110. The van der Waals surface area contributed by atoms with E-state index in [2.05, 4.69) is 15.5 Å². The molecule has 1 fully saturated rings. The van der Waals surface area contributed by atoms with Crippen molar-refractivity contribution in [2.45, 2.75) is 51.7 Å². The van der Waals surface area contributed by atoms with Crippen molar-refractivity contribution in [1.82, 2.24) is 15.5 Å². The van der Waals surface area contributed by atoms with E-state index in [0.29, 0.717) is 18.0 Å². The van der Waals surface area contributed by atoms with Crippen LogP contribution in [0, 0.1) is 0 Å². The van der Waals surface area contributed by atoms with Crippen LogP contribution in [0.5, 0.6) is 0 Å². The SMILES string of the molecule is CC1CC(NC(=O)c2n[nH]c(C(C)C)c2N)CCO1. The van der Waals surface area contributed by atoms with Gasteiger partial charge in [0.15, 0.2) is 5.69 Å². The molecule has 1 aliphatic heterocycles. The standard InChI is InChI=1S/C13H22N4O2/c1-7(2)11-10(14)12(17-16-11)13(18)15-9-4-5-19-8(3)6-9/h7-9H,4-6,14H2,1-3H3,(H,15,18)(H,16,17). The molecule has 1 amide bonds. The number of H-pyrrole nitrogens is 1. The summed E-state index contributed by atoms with van der Waals surface area (Å²) in [6.45, 7) is 6.70. The third kappa shape index (κ3) is 3.07. The second-order valence-electron chi connectivity index (χ2n) is 5.43. The number of nitrogens with one attached hydrogen (secondary N) is 2. The first-order chi connectivity index (χ1) is 8.99. The molecule has 1 aromatic rings. The molecule has 6 nitrogen and oxygen atoms in total. The lowest BCUT2D eigenvalue weighted by atomic mass is 10.0. The first-order valence-corrected chi connectivity index (χ1v) is 6.75. The quantitative estimate of drug-likeness (QED) is 0.771. The maximum Gasteiger partial charge on any atom is 0.274 e. The molecule has 0 radical (unpaired) electrons. The molecule has 0 aromatic carbocycles. The van der Waals surface area contributed by atoms with Crippen molar-refractivity contribution in [1.29, 1.82) is 0 Å². The van der Waals surface area contributed by atoms with Crippen molar-refractivity contribution < 1.29 is 9.53 Å². The van der Waals surface area contributed by atoms with Crippen LogP contribution in [-0.4, -0.2) is 34.9 Å². The van der Waals surface area contributed by atoms with Crippen LogP contribution >= 0.6 is 0 Å². The summed E-state index contributed by atoms with van der Waals surface area (Å²) in [6.07, 6.45) is 1.84. The number of anilines is 1. The highest BCUT2D eigenvalue weighted by molar-refractivity contribution is 5.97. The highest BCUT2D eigenvalue weighted by Gasteiger charge is 2.24. The molecule has 106 valence electrons. The summed E-state index contributed by atoms with van der Waals surface area (Å²) < 4.78 is 5.46. The normalized spacial score (nSPS) is 23.6. The van der Waals surface area contributed by atoms with Gasteiger partial charge in [0.2, 0.25) is 0 Å². The number of hydrogen-bond donors (Lipinski definition) is 3. The monoisotopic (exact) mass is 266 g/mol. The molecule has 1 aromatic heterocycles. The highest BCUT2D eigenvalue weighted by Crippen LogP contribution is 2.22. The van der Waals surface area contributed by atoms with Gasteiger partial charge in [0.05, 0.1) is 17.5 Å². The summed E-state index contributed by atoms with van der Waals surface area (Å²) >= 11 is 0. The number of aromatic amines is 1. The summed E-state index contributed by atoms with van der Waals surface area (Å²) in [5.41, 5.74) is 7.51. The molecule has 19 heavy (non-hydrogen) atoms. The Morgan fingerprint density at radius 1 is 1.58 bits per heavy atom. The largest absolute Gasteiger partial charge is 0.395 e. The predicted molar refractivity (Wildman–Crippen MR) is 73.0 cm³/mol. The van der Waals surface area contributed by atoms with Crippen LogP contribution in [-0.2, 0) is 4.74 Å². The lowest BCUT2D eigenvalue weighted by Gasteiger charge is -2.27. The number of rotatable bonds is 3. The van der Waals surface area contributed by atoms with Crippen molar-refractivity contribution in [3.63, 3.8) is 0 Å². The van der Waals surface area contributed by atoms with Gasteiger partial charge >= 0.3 is 0 Å². The Bertz CT molecular complexity index is 455. The topological polar surface area (TPSA) is 93.0 Å². The molecule has 0 spiro atoms. The number of nitrogens with zero attached hydrogens (tertiary/aromatic N) is 1. The summed E-state index contributed by atoms with van der Waals surface area (Å²) in [6, 6.07) is 0.134. The van der Waals surface area contributed by atoms with Crippen molar-refractivity contribution in [2.75, 3.05) is 12.3 Å². The Morgan fingerprint density at radius 3 is 2.89 bits per heavy atom. The Hall–Kier alpha value is -1.56. The minimum Gasteiger partial charge on any atom is -0.395 e. The van der Waals surface area contributed by atoms with E-state index < -0.39 is 0 Å². The molecule has 4 N–H and O–H groups in total. The Labute approximate surface area is 113 Å². The summed E-state index contributed by atoms with van der Waals surface area (Å²) in [5, 5.41) is 9.85. The third-order valence-electron chi connectivity index (χ3n) is 3.45. The first kappa shape index (κ1) is 13.9. The van der Waals surface area contributed by atoms with Gasteiger partial charge in [-0.15, -0.1) is 0 Å². The predicted octanol–water partition coefficient (Wildman–Crippen LogP) is 1.41. The molecule has 2 rings (SSSR count). The lowest BCUT2D eigenvalue weighted by Crippen LogP contribution is -2.41. The molecule has 6 heteroatoms. The van der Waals surface area contributed by atoms with Gasteiger partial charge in [-0.2, -0.15) is 5.10 Å². The molecule has 2 unspecified atom stereocenters. The Kier molecular flexibility index (Phi) is 4.09. The molecule has 0 bridgehead atoms. The van der Waals surface area contributed by atoms with Gasteiger partial charge in [0, 0.05) is 12.6 Å². The minimum absolute atomic E-state index is 0.134. The van der Waals surface area contributed by atoms with E-state index in [0.717, 1.165) is 18.5 Å². The van der Waals surface area contributed by atoms with Crippen LogP contribution in [0.3, 0.4) is 0 Å².